The van der Waals surface area contributed by atoms with Crippen molar-refractivity contribution in [3.05, 3.63) is 70.8 Å². The van der Waals surface area contributed by atoms with Gasteiger partial charge in [-0.25, -0.2) is 0 Å². The number of carbonyl (C=O) groups is 1. The number of amides is 1. The molecular weight excluding hydrogens is 348 g/mol. The summed E-state index contributed by atoms with van der Waals surface area (Å²) in [4.78, 5) is 15.1. The molecule has 150 valence electrons. The Bertz CT molecular complexity index is 787. The van der Waals surface area contributed by atoms with E-state index >= 15 is 0 Å². The molecule has 0 radical (unpaired) electrons. The number of hydrogen-bond acceptors (Lipinski definition) is 3. The highest BCUT2D eigenvalue weighted by Gasteiger charge is 2.24. The van der Waals surface area contributed by atoms with Crippen LogP contribution in [0.25, 0.3) is 0 Å². The standard InChI is InChI=1S/C24H32N2O2/c1-18-6-5-7-20(16-18)23(27)25-17-22(26-12-14-28-15-13-26)19-8-10-21(11-9-19)24(2,3)4/h5-11,16,22H,12-15,17H2,1-4H3,(H,25,27). The number of aryl methyl sites for hydroxylation is 1. The van der Waals surface area contributed by atoms with Gasteiger partial charge in [-0.15, -0.1) is 0 Å². The Labute approximate surface area is 168 Å². The lowest BCUT2D eigenvalue weighted by molar-refractivity contribution is 0.0162. The van der Waals surface area contributed by atoms with Crippen LogP contribution in [0, 0.1) is 6.92 Å². The second-order valence-corrected chi connectivity index (χ2v) is 8.62. The highest BCUT2D eigenvalue weighted by Crippen LogP contribution is 2.26. The second-order valence-electron chi connectivity index (χ2n) is 8.62. The van der Waals surface area contributed by atoms with Crippen molar-refractivity contribution in [2.75, 3.05) is 32.8 Å². The zero-order valence-corrected chi connectivity index (χ0v) is 17.5. The average Bonchev–Trinajstić information content (AvgIpc) is 2.68. The monoisotopic (exact) mass is 380 g/mol. The van der Waals surface area contributed by atoms with Crippen molar-refractivity contribution >= 4 is 5.91 Å². The predicted molar refractivity (Wildman–Crippen MR) is 114 cm³/mol. The highest BCUT2D eigenvalue weighted by atomic mass is 16.5. The van der Waals surface area contributed by atoms with Gasteiger partial charge in [0.05, 0.1) is 19.3 Å². The third-order valence-electron chi connectivity index (χ3n) is 5.38. The van der Waals surface area contributed by atoms with Crippen LogP contribution in [0.4, 0.5) is 0 Å². The minimum Gasteiger partial charge on any atom is -0.379 e. The number of morpholine rings is 1. The number of hydrogen-bond donors (Lipinski definition) is 1. The summed E-state index contributed by atoms with van der Waals surface area (Å²) in [7, 11) is 0. The van der Waals surface area contributed by atoms with Gasteiger partial charge in [0.15, 0.2) is 0 Å². The van der Waals surface area contributed by atoms with Crippen LogP contribution in [-0.2, 0) is 10.2 Å². The van der Waals surface area contributed by atoms with Crippen molar-refractivity contribution in [1.82, 2.24) is 10.2 Å². The van der Waals surface area contributed by atoms with Crippen molar-refractivity contribution in [1.29, 1.82) is 0 Å². The molecule has 1 fully saturated rings. The zero-order valence-electron chi connectivity index (χ0n) is 17.5. The molecular formula is C24H32N2O2. The predicted octanol–water partition coefficient (Wildman–Crippen LogP) is 4.10. The fraction of sp³-hybridized carbons (Fsp3) is 0.458. The van der Waals surface area contributed by atoms with Crippen molar-refractivity contribution in [2.24, 2.45) is 0 Å². The quantitative estimate of drug-likeness (QED) is 0.849. The van der Waals surface area contributed by atoms with Crippen LogP contribution >= 0.6 is 0 Å². The topological polar surface area (TPSA) is 41.6 Å². The van der Waals surface area contributed by atoms with Gasteiger partial charge in [0, 0.05) is 25.2 Å². The lowest BCUT2D eigenvalue weighted by atomic mass is 9.86. The molecule has 2 aromatic carbocycles. The van der Waals surface area contributed by atoms with E-state index in [1.807, 2.05) is 31.2 Å². The van der Waals surface area contributed by atoms with E-state index in [4.69, 9.17) is 4.74 Å². The van der Waals surface area contributed by atoms with E-state index in [0.717, 1.165) is 31.9 Å². The third kappa shape index (κ3) is 5.21. The summed E-state index contributed by atoms with van der Waals surface area (Å²) in [5.74, 6) is -0.0201. The van der Waals surface area contributed by atoms with Crippen LogP contribution in [0.5, 0.6) is 0 Å². The van der Waals surface area contributed by atoms with Crippen LogP contribution in [0.1, 0.15) is 53.9 Å². The van der Waals surface area contributed by atoms with Gasteiger partial charge in [-0.3, -0.25) is 9.69 Å². The minimum atomic E-state index is -0.0201. The van der Waals surface area contributed by atoms with Gasteiger partial charge >= 0.3 is 0 Å². The van der Waals surface area contributed by atoms with Crippen LogP contribution in [-0.4, -0.2) is 43.7 Å². The molecule has 1 amide bonds. The smallest absolute Gasteiger partial charge is 0.251 e. The van der Waals surface area contributed by atoms with E-state index in [0.29, 0.717) is 12.1 Å². The molecule has 0 aliphatic carbocycles. The summed E-state index contributed by atoms with van der Waals surface area (Å²) in [5.41, 5.74) is 4.49. The molecule has 3 rings (SSSR count). The maximum absolute atomic E-state index is 12.6. The van der Waals surface area contributed by atoms with Gasteiger partial charge in [-0.05, 0) is 35.6 Å². The summed E-state index contributed by atoms with van der Waals surface area (Å²) in [6, 6.07) is 16.7. The zero-order chi connectivity index (χ0) is 20.1. The van der Waals surface area contributed by atoms with Crippen LogP contribution in [0.3, 0.4) is 0 Å². The first-order valence-electron chi connectivity index (χ1n) is 10.1. The van der Waals surface area contributed by atoms with E-state index in [2.05, 4.69) is 55.3 Å². The van der Waals surface area contributed by atoms with Crippen LogP contribution < -0.4 is 5.32 Å². The van der Waals surface area contributed by atoms with E-state index in [9.17, 15) is 4.79 Å². The van der Waals surface area contributed by atoms with E-state index < -0.39 is 0 Å². The van der Waals surface area contributed by atoms with Gasteiger partial charge in [0.2, 0.25) is 0 Å². The molecule has 28 heavy (non-hydrogen) atoms. The van der Waals surface area contributed by atoms with Crippen LogP contribution in [0.2, 0.25) is 0 Å². The van der Waals surface area contributed by atoms with Crippen molar-refractivity contribution < 1.29 is 9.53 Å². The molecule has 1 saturated heterocycles. The molecule has 0 spiro atoms. The minimum absolute atomic E-state index is 0.0201. The van der Waals surface area contributed by atoms with E-state index in [1.54, 1.807) is 0 Å². The fourth-order valence-electron chi connectivity index (χ4n) is 3.63. The largest absolute Gasteiger partial charge is 0.379 e. The molecule has 1 aliphatic rings. The summed E-state index contributed by atoms with van der Waals surface area (Å²) >= 11 is 0. The summed E-state index contributed by atoms with van der Waals surface area (Å²) in [5, 5.41) is 3.15. The third-order valence-corrected chi connectivity index (χ3v) is 5.38. The summed E-state index contributed by atoms with van der Waals surface area (Å²) in [6.07, 6.45) is 0. The molecule has 4 nitrogen and oxygen atoms in total. The number of nitrogens with one attached hydrogen (secondary N) is 1. The van der Waals surface area contributed by atoms with Gasteiger partial charge in [0.1, 0.15) is 0 Å². The fourth-order valence-corrected chi connectivity index (χ4v) is 3.63. The Morgan fingerprint density at radius 3 is 2.39 bits per heavy atom. The molecule has 2 aromatic rings. The van der Waals surface area contributed by atoms with Gasteiger partial charge in [-0.1, -0.05) is 62.7 Å². The van der Waals surface area contributed by atoms with E-state index in [-0.39, 0.29) is 17.4 Å². The number of rotatable bonds is 5. The lowest BCUT2D eigenvalue weighted by Crippen LogP contribution is -2.43. The lowest BCUT2D eigenvalue weighted by Gasteiger charge is -2.35. The summed E-state index contributed by atoms with van der Waals surface area (Å²) < 4.78 is 5.53. The SMILES string of the molecule is Cc1cccc(C(=O)NCC(c2ccc(C(C)(C)C)cc2)N2CCOCC2)c1. The van der Waals surface area contributed by atoms with Gasteiger partial charge in [0.25, 0.3) is 5.91 Å². The van der Waals surface area contributed by atoms with Gasteiger partial charge < -0.3 is 10.1 Å². The molecule has 1 N–H and O–H groups in total. The molecule has 1 atom stereocenters. The van der Waals surface area contributed by atoms with E-state index in [1.165, 1.54) is 11.1 Å². The van der Waals surface area contributed by atoms with Gasteiger partial charge in [-0.2, -0.15) is 0 Å². The Kier molecular flexibility index (Phi) is 6.53. The molecule has 0 bridgehead atoms. The number of carbonyl (C=O) groups excluding carboxylic acids is 1. The first kappa shape index (κ1) is 20.6. The molecule has 0 saturated carbocycles. The first-order valence-corrected chi connectivity index (χ1v) is 10.1. The highest BCUT2D eigenvalue weighted by molar-refractivity contribution is 5.94. The number of nitrogens with zero attached hydrogens (tertiary/aromatic N) is 1. The van der Waals surface area contributed by atoms with Crippen LogP contribution in [0.15, 0.2) is 48.5 Å². The van der Waals surface area contributed by atoms with Crippen molar-refractivity contribution in [3.8, 4) is 0 Å². The second kappa shape index (κ2) is 8.89. The summed E-state index contributed by atoms with van der Waals surface area (Å²) in [6.45, 7) is 12.5. The molecule has 1 unspecified atom stereocenters. The number of benzene rings is 2. The Balaban J connectivity index is 1.76. The molecule has 0 aromatic heterocycles. The maximum atomic E-state index is 12.6. The number of ether oxygens (including phenoxy) is 1. The Morgan fingerprint density at radius 1 is 1.11 bits per heavy atom. The first-order chi connectivity index (χ1) is 13.3. The molecule has 1 heterocycles. The maximum Gasteiger partial charge on any atom is 0.251 e. The Morgan fingerprint density at radius 2 is 1.79 bits per heavy atom. The molecule has 1 aliphatic heterocycles. The Hall–Kier alpha value is -2.17. The normalized spacial score (nSPS) is 16.6. The molecule has 4 heteroatoms. The van der Waals surface area contributed by atoms with Crippen molar-refractivity contribution in [2.45, 2.75) is 39.2 Å². The van der Waals surface area contributed by atoms with Crippen molar-refractivity contribution in [3.63, 3.8) is 0 Å². The average molecular weight is 381 g/mol.